The van der Waals surface area contributed by atoms with E-state index in [-0.39, 0.29) is 20.9 Å². The molecule has 254 valence electrons. The molecule has 7 rings (SSSR count). The van der Waals surface area contributed by atoms with Gasteiger partial charge in [-0.3, -0.25) is 9.59 Å². The number of carboxylic acids is 2. The SMILES string of the molecule is O=C(O)CN(Cc1ccccc1CN(CC(=O)O)S(=O)(=O)c1ccc2oc3ccccc3c2c1)S(=O)(=O)c1ccc2oc3ccccc3c2c1. The smallest absolute Gasteiger partial charge is 0.318 e. The molecule has 0 bridgehead atoms. The highest BCUT2D eigenvalue weighted by molar-refractivity contribution is 7.89. The fourth-order valence-electron chi connectivity index (χ4n) is 6.03. The third-order valence-electron chi connectivity index (χ3n) is 8.41. The van der Waals surface area contributed by atoms with Gasteiger partial charge in [0.05, 0.1) is 9.79 Å². The minimum Gasteiger partial charge on any atom is -0.480 e. The molecule has 7 aromatic rings. The molecule has 0 saturated heterocycles. The van der Waals surface area contributed by atoms with E-state index in [1.807, 2.05) is 0 Å². The Morgan fingerprint density at radius 2 is 0.860 bits per heavy atom. The van der Waals surface area contributed by atoms with Gasteiger partial charge >= 0.3 is 11.9 Å². The Bertz CT molecular complexity index is 2500. The number of hydrogen-bond donors (Lipinski definition) is 2. The van der Waals surface area contributed by atoms with Crippen molar-refractivity contribution < 1.29 is 45.5 Å². The molecule has 0 fully saturated rings. The summed E-state index contributed by atoms with van der Waals surface area (Å²) in [7, 11) is -8.85. The number of nitrogens with zero attached hydrogens (tertiary/aromatic N) is 2. The molecule has 14 heteroatoms. The number of furan rings is 2. The van der Waals surface area contributed by atoms with Crippen molar-refractivity contribution in [3.63, 3.8) is 0 Å². The van der Waals surface area contributed by atoms with Gasteiger partial charge in [0.2, 0.25) is 20.0 Å². The minimum atomic E-state index is -4.43. The molecule has 0 unspecified atom stereocenters. The minimum absolute atomic E-state index is 0.160. The van der Waals surface area contributed by atoms with Gasteiger partial charge < -0.3 is 19.0 Å². The summed E-state index contributed by atoms with van der Waals surface area (Å²) in [6.45, 7) is -2.67. The van der Waals surface area contributed by atoms with Crippen LogP contribution >= 0.6 is 0 Å². The summed E-state index contributed by atoms with van der Waals surface area (Å²) in [5, 5.41) is 21.9. The van der Waals surface area contributed by atoms with Crippen LogP contribution in [0.25, 0.3) is 43.9 Å². The van der Waals surface area contributed by atoms with Gasteiger partial charge in [0.25, 0.3) is 0 Å². The number of carbonyl (C=O) groups is 2. The van der Waals surface area contributed by atoms with Crippen LogP contribution in [0.4, 0.5) is 0 Å². The third kappa shape index (κ3) is 6.09. The quantitative estimate of drug-likeness (QED) is 0.152. The zero-order chi connectivity index (χ0) is 35.2. The molecule has 0 aliphatic carbocycles. The van der Waals surface area contributed by atoms with E-state index in [2.05, 4.69) is 0 Å². The first kappa shape index (κ1) is 33.0. The Morgan fingerprint density at radius 1 is 0.500 bits per heavy atom. The molecule has 12 nitrogen and oxygen atoms in total. The lowest BCUT2D eigenvalue weighted by molar-refractivity contribution is -0.138. The molecule has 50 heavy (non-hydrogen) atoms. The highest BCUT2D eigenvalue weighted by atomic mass is 32.2. The van der Waals surface area contributed by atoms with E-state index in [0.717, 1.165) is 8.61 Å². The van der Waals surface area contributed by atoms with Gasteiger partial charge in [-0.05, 0) is 59.7 Å². The normalized spacial score (nSPS) is 12.5. The second-order valence-electron chi connectivity index (χ2n) is 11.6. The summed E-state index contributed by atoms with van der Waals surface area (Å²) in [5.74, 6) is -2.81. The monoisotopic (exact) mass is 712 g/mol. The second kappa shape index (κ2) is 12.7. The lowest BCUT2D eigenvalue weighted by Gasteiger charge is -2.25. The van der Waals surface area contributed by atoms with Gasteiger partial charge in [-0.2, -0.15) is 8.61 Å². The van der Waals surface area contributed by atoms with E-state index in [1.54, 1.807) is 72.8 Å². The maximum absolute atomic E-state index is 14.0. The number of para-hydroxylation sites is 2. The average molecular weight is 713 g/mol. The van der Waals surface area contributed by atoms with Gasteiger partial charge in [-0.15, -0.1) is 0 Å². The molecule has 0 aliphatic heterocycles. The molecule has 5 aromatic carbocycles. The third-order valence-corrected chi connectivity index (χ3v) is 12.0. The molecule has 0 radical (unpaired) electrons. The maximum atomic E-state index is 14.0. The largest absolute Gasteiger partial charge is 0.480 e. The molecular weight excluding hydrogens is 685 g/mol. The number of benzene rings is 5. The standard InChI is InChI=1S/C36H28N2O10S2/c39-35(40)21-37(49(43,44)25-13-15-33-29(17-25)27-9-3-5-11-31(27)47-33)19-23-7-1-2-8-24(23)20-38(22-36(41)42)50(45,46)26-14-16-34-30(18-26)28-10-4-6-12-32(28)48-34/h1-18H,19-22H2,(H,39,40)(H,41,42). The fraction of sp³-hybridized carbons (Fsp3) is 0.111. The van der Waals surface area contributed by atoms with Crippen LogP contribution in [0.3, 0.4) is 0 Å². The van der Waals surface area contributed by atoms with Crippen LogP contribution in [-0.2, 0) is 42.7 Å². The van der Waals surface area contributed by atoms with E-state index in [4.69, 9.17) is 8.83 Å². The summed E-state index contributed by atoms with van der Waals surface area (Å²) < 4.78 is 69.3. The highest BCUT2D eigenvalue weighted by Crippen LogP contribution is 2.33. The molecule has 0 amide bonds. The van der Waals surface area contributed by atoms with Crippen LogP contribution in [0.5, 0.6) is 0 Å². The molecule has 0 atom stereocenters. The summed E-state index contributed by atoms with van der Waals surface area (Å²) in [6, 6.07) is 29.1. The van der Waals surface area contributed by atoms with Crippen LogP contribution in [0.1, 0.15) is 11.1 Å². The molecular formula is C36H28N2O10S2. The molecule has 0 spiro atoms. The zero-order valence-electron chi connectivity index (χ0n) is 26.1. The first-order chi connectivity index (χ1) is 23.9. The van der Waals surface area contributed by atoms with E-state index in [1.165, 1.54) is 36.4 Å². The van der Waals surface area contributed by atoms with Crippen LogP contribution in [0, 0.1) is 0 Å². The van der Waals surface area contributed by atoms with Gasteiger partial charge in [-0.25, -0.2) is 16.8 Å². The maximum Gasteiger partial charge on any atom is 0.318 e. The van der Waals surface area contributed by atoms with Crippen molar-refractivity contribution in [2.45, 2.75) is 22.9 Å². The lowest BCUT2D eigenvalue weighted by Crippen LogP contribution is -2.37. The van der Waals surface area contributed by atoms with Crippen molar-refractivity contribution >= 4 is 75.9 Å². The second-order valence-corrected chi connectivity index (χ2v) is 15.5. The van der Waals surface area contributed by atoms with Crippen molar-refractivity contribution in [3.05, 3.63) is 120 Å². The van der Waals surface area contributed by atoms with Crippen molar-refractivity contribution in [2.75, 3.05) is 13.1 Å². The molecule has 0 saturated carbocycles. The number of fused-ring (bicyclic) bond motifs is 6. The zero-order valence-corrected chi connectivity index (χ0v) is 27.7. The number of hydrogen-bond acceptors (Lipinski definition) is 8. The Balaban J connectivity index is 1.24. The highest BCUT2D eigenvalue weighted by Gasteiger charge is 2.31. The number of rotatable bonds is 12. The summed E-state index contributed by atoms with van der Waals surface area (Å²) >= 11 is 0. The molecule has 0 aliphatic rings. The van der Waals surface area contributed by atoms with Gasteiger partial charge in [0, 0.05) is 34.6 Å². The van der Waals surface area contributed by atoms with E-state index in [0.29, 0.717) is 43.9 Å². The topological polar surface area (TPSA) is 176 Å². The summed E-state index contributed by atoms with van der Waals surface area (Å²) in [5.41, 5.74) is 2.61. The van der Waals surface area contributed by atoms with Crippen LogP contribution in [0.2, 0.25) is 0 Å². The Labute approximate surface area is 285 Å². The first-order valence-corrected chi connectivity index (χ1v) is 18.1. The molecule has 2 aromatic heterocycles. The lowest BCUT2D eigenvalue weighted by atomic mass is 10.1. The van der Waals surface area contributed by atoms with Gasteiger partial charge in [0.15, 0.2) is 0 Å². The van der Waals surface area contributed by atoms with Crippen molar-refractivity contribution in [1.82, 2.24) is 8.61 Å². The predicted molar refractivity (Wildman–Crippen MR) is 184 cm³/mol. The first-order valence-electron chi connectivity index (χ1n) is 15.2. The predicted octanol–water partition coefficient (Wildman–Crippen LogP) is 6.04. The number of carboxylic acid groups (broad SMARTS) is 2. The van der Waals surface area contributed by atoms with E-state index < -0.39 is 58.2 Å². The Kier molecular flexibility index (Phi) is 8.40. The van der Waals surface area contributed by atoms with Crippen LogP contribution in [-0.4, -0.2) is 60.7 Å². The van der Waals surface area contributed by atoms with Gasteiger partial charge in [0.1, 0.15) is 35.4 Å². The summed E-state index contributed by atoms with van der Waals surface area (Å²) in [6.07, 6.45) is 0. The van der Waals surface area contributed by atoms with Gasteiger partial charge in [-0.1, -0.05) is 60.7 Å². The van der Waals surface area contributed by atoms with Crippen molar-refractivity contribution in [2.24, 2.45) is 0 Å². The average Bonchev–Trinajstić information content (AvgIpc) is 3.65. The van der Waals surface area contributed by atoms with Crippen molar-refractivity contribution in [1.29, 1.82) is 0 Å². The van der Waals surface area contributed by atoms with Crippen LogP contribution in [0.15, 0.2) is 128 Å². The fourth-order valence-corrected chi connectivity index (χ4v) is 8.82. The molecule has 2 heterocycles. The number of aliphatic carboxylic acids is 2. The Morgan fingerprint density at radius 3 is 1.26 bits per heavy atom. The van der Waals surface area contributed by atoms with E-state index in [9.17, 15) is 36.6 Å². The van der Waals surface area contributed by atoms with E-state index >= 15 is 0 Å². The van der Waals surface area contributed by atoms with Crippen molar-refractivity contribution in [3.8, 4) is 0 Å². The Hall–Kier alpha value is -5.54. The number of sulfonamides is 2. The summed E-state index contributed by atoms with van der Waals surface area (Å²) in [4.78, 5) is 23.6. The van der Waals surface area contributed by atoms with Crippen LogP contribution < -0.4 is 0 Å². The molecule has 2 N–H and O–H groups in total.